The van der Waals surface area contributed by atoms with Crippen molar-refractivity contribution >= 4 is 15.8 Å². The van der Waals surface area contributed by atoms with Gasteiger partial charge in [-0.15, -0.1) is 0 Å². The van der Waals surface area contributed by atoms with Gasteiger partial charge in [-0.25, -0.2) is 13.4 Å². The summed E-state index contributed by atoms with van der Waals surface area (Å²) < 4.78 is 27.8. The Morgan fingerprint density at radius 1 is 1.56 bits per heavy atom. The number of aromatic nitrogens is 1. The summed E-state index contributed by atoms with van der Waals surface area (Å²) in [6, 6.07) is 4.77. The van der Waals surface area contributed by atoms with Gasteiger partial charge in [-0.2, -0.15) is 5.26 Å². The fourth-order valence-electron chi connectivity index (χ4n) is 1.29. The molecule has 6 nitrogen and oxygen atoms in total. The Morgan fingerprint density at radius 3 is 2.89 bits per heavy atom. The van der Waals surface area contributed by atoms with Crippen molar-refractivity contribution in [3.8, 4) is 6.07 Å². The van der Waals surface area contributed by atoms with Crippen molar-refractivity contribution in [2.75, 3.05) is 12.9 Å². The van der Waals surface area contributed by atoms with Crippen molar-refractivity contribution < 1.29 is 17.9 Å². The Labute approximate surface area is 105 Å². The number of sulfone groups is 1. The molecule has 1 aromatic heterocycles. The number of nitriles is 1. The zero-order valence-corrected chi connectivity index (χ0v) is 10.6. The molecule has 1 heterocycles. The highest BCUT2D eigenvalue weighted by Gasteiger charge is 2.15. The van der Waals surface area contributed by atoms with Gasteiger partial charge >= 0.3 is 5.97 Å². The van der Waals surface area contributed by atoms with Gasteiger partial charge in [-0.1, -0.05) is 0 Å². The Hall–Kier alpha value is -1.94. The molecule has 1 rings (SSSR count). The topological polar surface area (TPSA) is 97.1 Å². The number of carbonyl (C=O) groups is 1. The van der Waals surface area contributed by atoms with Crippen LogP contribution < -0.4 is 0 Å². The fraction of sp³-hybridized carbons (Fsp3) is 0.364. The predicted octanol–water partition coefficient (Wildman–Crippen LogP) is 0.431. The second-order valence-electron chi connectivity index (χ2n) is 3.58. The predicted molar refractivity (Wildman–Crippen MR) is 63.1 cm³/mol. The molecule has 7 heteroatoms. The van der Waals surface area contributed by atoms with E-state index in [9.17, 15) is 13.2 Å². The Balaban J connectivity index is 2.71. The quantitative estimate of drug-likeness (QED) is 0.718. The third-order valence-corrected chi connectivity index (χ3v) is 3.77. The summed E-state index contributed by atoms with van der Waals surface area (Å²) in [5, 5.41) is 8.65. The summed E-state index contributed by atoms with van der Waals surface area (Å²) in [6.07, 6.45) is 1.21. The zero-order valence-electron chi connectivity index (χ0n) is 9.79. The molecule has 0 saturated heterocycles. The maximum atomic E-state index is 11.7. The number of hydrogen-bond donors (Lipinski definition) is 0. The van der Waals surface area contributed by atoms with Crippen LogP contribution in [0.4, 0.5) is 0 Å². The molecule has 0 spiro atoms. The zero-order chi connectivity index (χ0) is 13.6. The minimum absolute atomic E-state index is 0.163. The lowest BCUT2D eigenvalue weighted by Gasteiger charge is -2.04. The summed E-state index contributed by atoms with van der Waals surface area (Å²) in [4.78, 5) is 14.6. The molecule has 96 valence electrons. The average molecular weight is 268 g/mol. The molecule has 0 saturated carbocycles. The molecule has 18 heavy (non-hydrogen) atoms. The number of methoxy groups -OCH3 is 1. The first-order valence-electron chi connectivity index (χ1n) is 5.09. The molecule has 0 bridgehead atoms. The molecular formula is C11H12N2O4S. The molecule has 0 unspecified atom stereocenters. The van der Waals surface area contributed by atoms with Crippen molar-refractivity contribution in [1.29, 1.82) is 5.26 Å². The van der Waals surface area contributed by atoms with Crippen LogP contribution in [-0.2, 0) is 25.1 Å². The number of nitrogens with zero attached hydrogens (tertiary/aromatic N) is 2. The van der Waals surface area contributed by atoms with Gasteiger partial charge in [0, 0.05) is 6.20 Å². The smallest absolute Gasteiger partial charge is 0.306 e. The number of ether oxygens (including phenoxy) is 1. The van der Waals surface area contributed by atoms with Crippen LogP contribution in [0.25, 0.3) is 0 Å². The summed E-state index contributed by atoms with van der Waals surface area (Å²) >= 11 is 0. The highest BCUT2D eigenvalue weighted by atomic mass is 32.2. The van der Waals surface area contributed by atoms with Crippen LogP contribution in [0, 0.1) is 11.3 Å². The largest absolute Gasteiger partial charge is 0.469 e. The van der Waals surface area contributed by atoms with Crippen LogP contribution in [-0.4, -0.2) is 32.2 Å². The molecule has 0 atom stereocenters. The summed E-state index contributed by atoms with van der Waals surface area (Å²) in [5.74, 6) is -1.06. The minimum atomic E-state index is -3.40. The highest BCUT2D eigenvalue weighted by Crippen LogP contribution is 2.08. The third kappa shape index (κ3) is 4.51. The van der Waals surface area contributed by atoms with Gasteiger partial charge in [0.25, 0.3) is 0 Å². The van der Waals surface area contributed by atoms with E-state index in [1.807, 2.05) is 6.07 Å². The number of esters is 1. The van der Waals surface area contributed by atoms with Gasteiger partial charge in [0.2, 0.25) is 0 Å². The van der Waals surface area contributed by atoms with Crippen molar-refractivity contribution in [2.45, 2.75) is 12.2 Å². The lowest BCUT2D eigenvalue weighted by Crippen LogP contribution is -2.14. The molecule has 0 aliphatic carbocycles. The van der Waals surface area contributed by atoms with Gasteiger partial charge in [0.1, 0.15) is 11.8 Å². The molecule has 0 radical (unpaired) electrons. The molecule has 0 aliphatic rings. The average Bonchev–Trinajstić information content (AvgIpc) is 2.35. The van der Waals surface area contributed by atoms with E-state index in [1.165, 1.54) is 25.4 Å². The van der Waals surface area contributed by atoms with Crippen LogP contribution in [0.15, 0.2) is 18.3 Å². The van der Waals surface area contributed by atoms with Gasteiger partial charge in [-0.05, 0) is 17.7 Å². The SMILES string of the molecule is COC(=O)CCS(=O)(=O)Cc1ccnc(C#N)c1. The maximum Gasteiger partial charge on any atom is 0.306 e. The summed E-state index contributed by atoms with van der Waals surface area (Å²) in [5.41, 5.74) is 0.641. The van der Waals surface area contributed by atoms with E-state index in [0.717, 1.165) is 0 Å². The number of hydrogen-bond acceptors (Lipinski definition) is 6. The lowest BCUT2D eigenvalue weighted by molar-refractivity contribution is -0.140. The van der Waals surface area contributed by atoms with E-state index in [-0.39, 0.29) is 23.6 Å². The van der Waals surface area contributed by atoms with E-state index < -0.39 is 15.8 Å². The highest BCUT2D eigenvalue weighted by molar-refractivity contribution is 7.90. The van der Waals surface area contributed by atoms with Gasteiger partial charge in [0.05, 0.1) is 25.0 Å². The van der Waals surface area contributed by atoms with Crippen molar-refractivity contribution in [3.05, 3.63) is 29.6 Å². The minimum Gasteiger partial charge on any atom is -0.469 e. The Bertz CT molecular complexity index is 575. The second kappa shape index (κ2) is 6.12. The van der Waals surface area contributed by atoms with Gasteiger partial charge in [-0.3, -0.25) is 4.79 Å². The van der Waals surface area contributed by atoms with Crippen LogP contribution in [0.5, 0.6) is 0 Å². The van der Waals surface area contributed by atoms with Gasteiger partial charge < -0.3 is 4.74 Å². The second-order valence-corrected chi connectivity index (χ2v) is 5.76. The van der Waals surface area contributed by atoms with E-state index in [4.69, 9.17) is 5.26 Å². The van der Waals surface area contributed by atoms with Crippen molar-refractivity contribution in [2.24, 2.45) is 0 Å². The van der Waals surface area contributed by atoms with E-state index in [1.54, 1.807) is 0 Å². The van der Waals surface area contributed by atoms with E-state index in [0.29, 0.717) is 5.56 Å². The van der Waals surface area contributed by atoms with Crippen LogP contribution in [0.2, 0.25) is 0 Å². The summed E-state index contributed by atoms with van der Waals surface area (Å²) in [7, 11) is -2.20. The third-order valence-electron chi connectivity index (χ3n) is 2.17. The summed E-state index contributed by atoms with van der Waals surface area (Å²) in [6.45, 7) is 0. The molecule has 0 N–H and O–H groups in total. The molecular weight excluding hydrogens is 256 g/mol. The molecule has 1 aromatic rings. The lowest BCUT2D eigenvalue weighted by atomic mass is 10.2. The van der Waals surface area contributed by atoms with E-state index >= 15 is 0 Å². The molecule has 0 aliphatic heterocycles. The Morgan fingerprint density at radius 2 is 2.28 bits per heavy atom. The van der Waals surface area contributed by atoms with Crippen molar-refractivity contribution in [1.82, 2.24) is 4.98 Å². The molecule has 0 amide bonds. The first-order valence-corrected chi connectivity index (χ1v) is 6.91. The molecule has 0 aromatic carbocycles. The number of rotatable bonds is 5. The van der Waals surface area contributed by atoms with Crippen molar-refractivity contribution in [3.63, 3.8) is 0 Å². The van der Waals surface area contributed by atoms with Gasteiger partial charge in [0.15, 0.2) is 9.84 Å². The van der Waals surface area contributed by atoms with Crippen LogP contribution in [0.3, 0.4) is 0 Å². The normalized spacial score (nSPS) is 10.7. The number of carbonyl (C=O) groups excluding carboxylic acids is 1. The van der Waals surface area contributed by atoms with E-state index in [2.05, 4.69) is 9.72 Å². The van der Waals surface area contributed by atoms with Crippen LogP contribution >= 0.6 is 0 Å². The molecule has 0 fully saturated rings. The maximum absolute atomic E-state index is 11.7. The van der Waals surface area contributed by atoms with Crippen LogP contribution in [0.1, 0.15) is 17.7 Å². The fourth-order valence-corrected chi connectivity index (χ4v) is 2.60. The first kappa shape index (κ1) is 14.1. The standard InChI is InChI=1S/C11H12N2O4S/c1-17-11(14)3-5-18(15,16)8-9-2-4-13-10(6-9)7-12/h2,4,6H,3,5,8H2,1H3. The first-order chi connectivity index (χ1) is 8.46. The Kier molecular flexibility index (Phi) is 4.80. The monoisotopic (exact) mass is 268 g/mol. The number of pyridine rings is 1.